The maximum Gasteiger partial charge on any atom is 0.220 e. The predicted molar refractivity (Wildman–Crippen MR) is 71.0 cm³/mol. The van der Waals surface area contributed by atoms with Gasteiger partial charge >= 0.3 is 0 Å². The molecule has 1 aromatic carbocycles. The van der Waals surface area contributed by atoms with Crippen molar-refractivity contribution in [1.29, 1.82) is 0 Å². The average molecular weight is 255 g/mol. The molecule has 1 aromatic rings. The van der Waals surface area contributed by atoms with Crippen LogP contribution < -0.4 is 11.1 Å². The Labute approximate surface area is 107 Å². The van der Waals surface area contributed by atoms with Gasteiger partial charge in [0.15, 0.2) is 0 Å². The molecule has 4 heteroatoms. The number of nitrogens with one attached hydrogen (secondary N) is 1. The molecule has 3 nitrogen and oxygen atoms in total. The molecule has 17 heavy (non-hydrogen) atoms. The quantitative estimate of drug-likeness (QED) is 0.846. The number of carbonyl (C=O) groups is 1. The number of hydrogen-bond donors (Lipinski definition) is 2. The van der Waals surface area contributed by atoms with Crippen molar-refractivity contribution in [3.05, 3.63) is 34.9 Å². The summed E-state index contributed by atoms with van der Waals surface area (Å²) in [6, 6.07) is 7.55. The van der Waals surface area contributed by atoms with Gasteiger partial charge in [-0.3, -0.25) is 4.79 Å². The van der Waals surface area contributed by atoms with E-state index >= 15 is 0 Å². The normalized spacial score (nSPS) is 11.3. The summed E-state index contributed by atoms with van der Waals surface area (Å²) in [5, 5.41) is 3.59. The van der Waals surface area contributed by atoms with Crippen molar-refractivity contribution in [2.45, 2.75) is 32.2 Å². The molecule has 0 saturated heterocycles. The second-order valence-corrected chi connectivity index (χ2v) is 5.20. The molecule has 0 radical (unpaired) electrons. The molecule has 0 saturated carbocycles. The molecule has 3 N–H and O–H groups in total. The summed E-state index contributed by atoms with van der Waals surface area (Å²) in [6.07, 6.45) is 1.14. The first-order chi connectivity index (χ1) is 7.93. The Hall–Kier alpha value is -1.06. The number of nitrogens with two attached hydrogens (primary N) is 1. The summed E-state index contributed by atoms with van der Waals surface area (Å²) >= 11 is 5.87. The SMILES string of the molecule is CC(C)(CN)NC(=O)CCc1cccc(Cl)c1. The molecular formula is C13H19ClN2O. The topological polar surface area (TPSA) is 55.1 Å². The minimum Gasteiger partial charge on any atom is -0.350 e. The summed E-state index contributed by atoms with van der Waals surface area (Å²) in [5.41, 5.74) is 6.28. The van der Waals surface area contributed by atoms with Gasteiger partial charge < -0.3 is 11.1 Å². The fourth-order valence-corrected chi connectivity index (χ4v) is 1.65. The van der Waals surface area contributed by atoms with Gasteiger partial charge in [-0.15, -0.1) is 0 Å². The Balaban J connectivity index is 2.44. The highest BCUT2D eigenvalue weighted by molar-refractivity contribution is 6.30. The summed E-state index contributed by atoms with van der Waals surface area (Å²) < 4.78 is 0. The van der Waals surface area contributed by atoms with Crippen LogP contribution in [0.1, 0.15) is 25.8 Å². The van der Waals surface area contributed by atoms with Crippen LogP contribution in [0.2, 0.25) is 5.02 Å². The van der Waals surface area contributed by atoms with Gasteiger partial charge in [0.05, 0.1) is 0 Å². The fraction of sp³-hybridized carbons (Fsp3) is 0.462. The molecule has 0 aliphatic heterocycles. The lowest BCUT2D eigenvalue weighted by atomic mass is 10.0. The van der Waals surface area contributed by atoms with Crippen LogP contribution in [0.25, 0.3) is 0 Å². The molecular weight excluding hydrogens is 236 g/mol. The lowest BCUT2D eigenvalue weighted by Crippen LogP contribution is -2.48. The van der Waals surface area contributed by atoms with Crippen molar-refractivity contribution < 1.29 is 4.79 Å². The van der Waals surface area contributed by atoms with Gasteiger partial charge in [0.1, 0.15) is 0 Å². The van der Waals surface area contributed by atoms with Crippen molar-refractivity contribution in [2.75, 3.05) is 6.54 Å². The standard InChI is InChI=1S/C13H19ClN2O/c1-13(2,9-15)16-12(17)7-6-10-4-3-5-11(14)8-10/h3-5,8H,6-7,9,15H2,1-2H3,(H,16,17). The minimum absolute atomic E-state index is 0.0143. The molecule has 0 aromatic heterocycles. The Morgan fingerprint density at radius 3 is 2.76 bits per heavy atom. The van der Waals surface area contributed by atoms with Gasteiger partial charge in [-0.2, -0.15) is 0 Å². The highest BCUT2D eigenvalue weighted by atomic mass is 35.5. The molecule has 0 aliphatic rings. The van der Waals surface area contributed by atoms with Crippen LogP contribution >= 0.6 is 11.6 Å². The molecule has 0 heterocycles. The number of carbonyl (C=O) groups excluding carboxylic acids is 1. The second kappa shape index (κ2) is 6.03. The van der Waals surface area contributed by atoms with Crippen LogP contribution in [-0.2, 0) is 11.2 Å². The van der Waals surface area contributed by atoms with Crippen LogP contribution in [0, 0.1) is 0 Å². The second-order valence-electron chi connectivity index (χ2n) is 4.77. The van der Waals surface area contributed by atoms with Crippen LogP contribution in [0.5, 0.6) is 0 Å². The maximum atomic E-state index is 11.7. The molecule has 0 aliphatic carbocycles. The van der Waals surface area contributed by atoms with Crippen molar-refractivity contribution in [3.8, 4) is 0 Å². The Bertz CT molecular complexity index is 391. The molecule has 0 fully saturated rings. The van der Waals surface area contributed by atoms with E-state index in [4.69, 9.17) is 17.3 Å². The monoisotopic (exact) mass is 254 g/mol. The Morgan fingerprint density at radius 1 is 1.47 bits per heavy atom. The van der Waals surface area contributed by atoms with Crippen molar-refractivity contribution in [2.24, 2.45) is 5.73 Å². The van der Waals surface area contributed by atoms with E-state index in [1.165, 1.54) is 0 Å². The lowest BCUT2D eigenvalue weighted by Gasteiger charge is -2.24. The van der Waals surface area contributed by atoms with Crippen molar-refractivity contribution >= 4 is 17.5 Å². The van der Waals surface area contributed by atoms with E-state index in [1.807, 2.05) is 38.1 Å². The third kappa shape index (κ3) is 5.20. The number of benzene rings is 1. The maximum absolute atomic E-state index is 11.7. The van der Waals surface area contributed by atoms with E-state index in [0.717, 1.165) is 5.56 Å². The molecule has 0 spiro atoms. The number of amides is 1. The van der Waals surface area contributed by atoms with Gasteiger partial charge in [0.25, 0.3) is 0 Å². The number of hydrogen-bond acceptors (Lipinski definition) is 2. The average Bonchev–Trinajstić information content (AvgIpc) is 2.26. The van der Waals surface area contributed by atoms with E-state index < -0.39 is 0 Å². The van der Waals surface area contributed by atoms with Gasteiger partial charge in [-0.25, -0.2) is 0 Å². The van der Waals surface area contributed by atoms with Gasteiger partial charge in [0.2, 0.25) is 5.91 Å². The smallest absolute Gasteiger partial charge is 0.220 e. The van der Waals surface area contributed by atoms with Gasteiger partial charge in [-0.05, 0) is 38.0 Å². The van der Waals surface area contributed by atoms with Gasteiger partial charge in [0, 0.05) is 23.5 Å². The summed E-state index contributed by atoms with van der Waals surface area (Å²) in [6.45, 7) is 4.24. The molecule has 1 amide bonds. The van der Waals surface area contributed by atoms with Crippen LogP contribution in [-0.4, -0.2) is 18.0 Å². The van der Waals surface area contributed by atoms with E-state index in [-0.39, 0.29) is 11.4 Å². The Morgan fingerprint density at radius 2 is 2.18 bits per heavy atom. The third-order valence-electron chi connectivity index (χ3n) is 2.52. The number of rotatable bonds is 5. The first-order valence-electron chi connectivity index (χ1n) is 5.68. The molecule has 1 rings (SSSR count). The van der Waals surface area contributed by atoms with Crippen molar-refractivity contribution in [1.82, 2.24) is 5.32 Å². The molecule has 0 bridgehead atoms. The summed E-state index contributed by atoms with van der Waals surface area (Å²) in [4.78, 5) is 11.7. The zero-order valence-electron chi connectivity index (χ0n) is 10.3. The summed E-state index contributed by atoms with van der Waals surface area (Å²) in [7, 11) is 0. The van der Waals surface area contributed by atoms with E-state index in [9.17, 15) is 4.79 Å². The van der Waals surface area contributed by atoms with E-state index in [1.54, 1.807) is 0 Å². The molecule has 94 valence electrons. The molecule has 0 atom stereocenters. The minimum atomic E-state index is -0.342. The highest BCUT2D eigenvalue weighted by Gasteiger charge is 2.17. The highest BCUT2D eigenvalue weighted by Crippen LogP contribution is 2.12. The van der Waals surface area contributed by atoms with E-state index in [0.29, 0.717) is 24.4 Å². The first kappa shape index (κ1) is 14.0. The number of halogens is 1. The summed E-state index contributed by atoms with van der Waals surface area (Å²) in [5.74, 6) is 0.0143. The van der Waals surface area contributed by atoms with Gasteiger partial charge in [-0.1, -0.05) is 23.7 Å². The number of aryl methyl sites for hydroxylation is 1. The van der Waals surface area contributed by atoms with Crippen LogP contribution in [0.3, 0.4) is 0 Å². The zero-order valence-corrected chi connectivity index (χ0v) is 11.1. The third-order valence-corrected chi connectivity index (χ3v) is 2.75. The molecule has 0 unspecified atom stereocenters. The largest absolute Gasteiger partial charge is 0.350 e. The van der Waals surface area contributed by atoms with Crippen molar-refractivity contribution in [3.63, 3.8) is 0 Å². The zero-order chi connectivity index (χ0) is 12.9. The predicted octanol–water partition coefficient (Wildman–Crippen LogP) is 2.13. The Kier molecular flexibility index (Phi) is 4.97. The fourth-order valence-electron chi connectivity index (χ4n) is 1.44. The van der Waals surface area contributed by atoms with Crippen LogP contribution in [0.15, 0.2) is 24.3 Å². The van der Waals surface area contributed by atoms with E-state index in [2.05, 4.69) is 5.32 Å². The lowest BCUT2D eigenvalue weighted by molar-refractivity contribution is -0.122. The van der Waals surface area contributed by atoms with Crippen LogP contribution in [0.4, 0.5) is 0 Å². The first-order valence-corrected chi connectivity index (χ1v) is 6.06.